The van der Waals surface area contributed by atoms with E-state index in [1.807, 2.05) is 6.92 Å². The monoisotopic (exact) mass is 370 g/mol. The minimum Gasteiger partial charge on any atom is -0.467 e. The summed E-state index contributed by atoms with van der Waals surface area (Å²) < 4.78 is 32.9. The number of rotatable bonds is 8. The number of hydrogen-bond acceptors (Lipinski definition) is 5. The summed E-state index contributed by atoms with van der Waals surface area (Å²) in [6.45, 7) is 5.78. The van der Waals surface area contributed by atoms with Gasteiger partial charge in [0.1, 0.15) is 16.0 Å². The number of carbonyl (C=O) groups is 1. The number of sulfonamides is 1. The molecule has 2 N–H and O–H groups in total. The molecule has 24 heavy (non-hydrogen) atoms. The quantitative estimate of drug-likeness (QED) is 0.747. The fourth-order valence-corrected chi connectivity index (χ4v) is 4.76. The van der Waals surface area contributed by atoms with E-state index >= 15 is 0 Å². The van der Waals surface area contributed by atoms with Gasteiger partial charge in [-0.1, -0.05) is 20.8 Å². The smallest absolute Gasteiger partial charge is 0.250 e. The van der Waals surface area contributed by atoms with Crippen LogP contribution in [0.25, 0.3) is 0 Å². The van der Waals surface area contributed by atoms with Gasteiger partial charge in [0, 0.05) is 4.88 Å². The fourth-order valence-electron chi connectivity index (χ4n) is 2.11. The SMILES string of the molecule is CCc1ccc(S(=O)(=O)N[C@@H](C(=O)NCc2ccco2)C(C)C)s1. The lowest BCUT2D eigenvalue weighted by molar-refractivity contribution is -0.123. The van der Waals surface area contributed by atoms with E-state index in [0.717, 1.165) is 11.3 Å². The number of aryl methyl sites for hydroxylation is 1. The third-order valence-electron chi connectivity index (χ3n) is 3.50. The van der Waals surface area contributed by atoms with Gasteiger partial charge in [0.05, 0.1) is 12.8 Å². The Morgan fingerprint density at radius 2 is 2.04 bits per heavy atom. The first kappa shape index (κ1) is 18.7. The van der Waals surface area contributed by atoms with Crippen LogP contribution < -0.4 is 10.0 Å². The number of nitrogens with one attached hydrogen (secondary N) is 2. The van der Waals surface area contributed by atoms with Crippen LogP contribution in [0.2, 0.25) is 0 Å². The van der Waals surface area contributed by atoms with Crippen molar-refractivity contribution in [3.05, 3.63) is 41.2 Å². The van der Waals surface area contributed by atoms with E-state index in [-0.39, 0.29) is 22.6 Å². The van der Waals surface area contributed by atoms with Crippen molar-refractivity contribution in [2.75, 3.05) is 0 Å². The Labute approximate surface area is 146 Å². The summed E-state index contributed by atoms with van der Waals surface area (Å²) >= 11 is 1.22. The molecule has 0 aliphatic heterocycles. The minimum atomic E-state index is -3.73. The molecule has 0 radical (unpaired) electrons. The predicted molar refractivity (Wildman–Crippen MR) is 93.2 cm³/mol. The zero-order valence-corrected chi connectivity index (χ0v) is 15.5. The summed E-state index contributed by atoms with van der Waals surface area (Å²) in [5.41, 5.74) is 0. The third-order valence-corrected chi connectivity index (χ3v) is 6.66. The summed E-state index contributed by atoms with van der Waals surface area (Å²) in [7, 11) is -3.73. The first-order valence-corrected chi connectivity index (χ1v) is 10.0. The molecule has 0 bridgehead atoms. The molecule has 2 aromatic rings. The van der Waals surface area contributed by atoms with Crippen molar-refractivity contribution in [3.63, 3.8) is 0 Å². The van der Waals surface area contributed by atoms with Gasteiger partial charge in [0.2, 0.25) is 5.91 Å². The van der Waals surface area contributed by atoms with Crippen LogP contribution >= 0.6 is 11.3 Å². The minimum absolute atomic E-state index is 0.193. The molecule has 132 valence electrons. The maximum Gasteiger partial charge on any atom is 0.250 e. The number of hydrogen-bond donors (Lipinski definition) is 2. The van der Waals surface area contributed by atoms with Crippen molar-refractivity contribution >= 4 is 27.3 Å². The van der Waals surface area contributed by atoms with Crippen LogP contribution in [0.3, 0.4) is 0 Å². The van der Waals surface area contributed by atoms with Gasteiger partial charge >= 0.3 is 0 Å². The van der Waals surface area contributed by atoms with E-state index in [0.29, 0.717) is 5.76 Å². The maximum atomic E-state index is 12.5. The molecule has 1 amide bonds. The van der Waals surface area contributed by atoms with Crippen LogP contribution in [-0.4, -0.2) is 20.4 Å². The highest BCUT2D eigenvalue weighted by Gasteiger charge is 2.29. The molecular formula is C16H22N2O4S2. The van der Waals surface area contributed by atoms with Crippen molar-refractivity contribution in [1.82, 2.24) is 10.0 Å². The normalized spacial score (nSPS) is 13.2. The van der Waals surface area contributed by atoms with Crippen molar-refractivity contribution in [3.8, 4) is 0 Å². The van der Waals surface area contributed by atoms with E-state index < -0.39 is 16.1 Å². The summed E-state index contributed by atoms with van der Waals surface area (Å²) in [6, 6.07) is 5.99. The van der Waals surface area contributed by atoms with Crippen LogP contribution in [0.1, 0.15) is 31.4 Å². The van der Waals surface area contributed by atoms with Gasteiger partial charge in [-0.05, 0) is 36.6 Å². The molecule has 0 spiro atoms. The second-order valence-corrected chi connectivity index (χ2v) is 8.82. The van der Waals surface area contributed by atoms with Gasteiger partial charge in [0.25, 0.3) is 10.0 Å². The number of furan rings is 1. The molecule has 0 aliphatic carbocycles. The lowest BCUT2D eigenvalue weighted by Crippen LogP contribution is -2.49. The van der Waals surface area contributed by atoms with E-state index in [4.69, 9.17) is 4.42 Å². The van der Waals surface area contributed by atoms with E-state index in [2.05, 4.69) is 10.0 Å². The molecule has 0 saturated heterocycles. The van der Waals surface area contributed by atoms with Crippen molar-refractivity contribution in [2.45, 2.75) is 44.0 Å². The molecule has 0 unspecified atom stereocenters. The molecule has 0 saturated carbocycles. The second-order valence-electron chi connectivity index (χ2n) is 5.71. The Kier molecular flexibility index (Phi) is 6.20. The largest absolute Gasteiger partial charge is 0.467 e. The van der Waals surface area contributed by atoms with Crippen molar-refractivity contribution in [1.29, 1.82) is 0 Å². The van der Waals surface area contributed by atoms with Crippen LogP contribution in [-0.2, 0) is 27.8 Å². The van der Waals surface area contributed by atoms with E-state index in [1.165, 1.54) is 17.6 Å². The maximum absolute atomic E-state index is 12.5. The van der Waals surface area contributed by atoms with Gasteiger partial charge in [-0.2, -0.15) is 4.72 Å². The van der Waals surface area contributed by atoms with Gasteiger partial charge in [-0.25, -0.2) is 8.42 Å². The molecule has 2 rings (SSSR count). The number of carbonyl (C=O) groups excluding carboxylic acids is 1. The summed E-state index contributed by atoms with van der Waals surface area (Å²) in [6.07, 6.45) is 2.30. The summed E-state index contributed by atoms with van der Waals surface area (Å²) in [4.78, 5) is 13.4. The zero-order chi connectivity index (χ0) is 17.7. The average Bonchev–Trinajstić information content (AvgIpc) is 3.21. The number of amides is 1. The lowest BCUT2D eigenvalue weighted by atomic mass is 10.1. The highest BCUT2D eigenvalue weighted by molar-refractivity contribution is 7.91. The average molecular weight is 370 g/mol. The van der Waals surface area contributed by atoms with E-state index in [9.17, 15) is 13.2 Å². The van der Waals surface area contributed by atoms with Gasteiger partial charge in [0.15, 0.2) is 0 Å². The Hall–Kier alpha value is -1.64. The first-order valence-electron chi connectivity index (χ1n) is 7.74. The number of thiophene rings is 1. The molecule has 2 heterocycles. The standard InChI is InChI=1S/C16H22N2O4S2/c1-4-13-7-8-14(23-13)24(20,21)18-15(11(2)3)16(19)17-10-12-6-5-9-22-12/h5-9,11,15,18H,4,10H2,1-3H3,(H,17,19)/t15-/m1/s1. The molecule has 1 atom stereocenters. The molecular weight excluding hydrogens is 348 g/mol. The summed E-state index contributed by atoms with van der Waals surface area (Å²) in [5.74, 6) is 0.0405. The van der Waals surface area contributed by atoms with Crippen LogP contribution in [0.5, 0.6) is 0 Å². The van der Waals surface area contributed by atoms with Gasteiger partial charge in [-0.15, -0.1) is 11.3 Å². The Bertz CT molecular complexity index is 764. The topological polar surface area (TPSA) is 88.4 Å². The summed E-state index contributed by atoms with van der Waals surface area (Å²) in [5, 5.41) is 2.70. The van der Waals surface area contributed by atoms with Gasteiger partial charge in [-0.3, -0.25) is 4.79 Å². The zero-order valence-electron chi connectivity index (χ0n) is 13.9. The molecule has 8 heteroatoms. The lowest BCUT2D eigenvalue weighted by Gasteiger charge is -2.21. The second kappa shape index (κ2) is 7.96. The van der Waals surface area contributed by atoms with Crippen LogP contribution in [0.4, 0.5) is 0 Å². The Morgan fingerprint density at radius 1 is 1.29 bits per heavy atom. The molecule has 2 aromatic heterocycles. The molecule has 0 fully saturated rings. The Balaban J connectivity index is 2.07. The predicted octanol–water partition coefficient (Wildman–Crippen LogP) is 2.52. The highest BCUT2D eigenvalue weighted by atomic mass is 32.2. The Morgan fingerprint density at radius 3 is 2.58 bits per heavy atom. The van der Waals surface area contributed by atoms with Crippen molar-refractivity contribution < 1.29 is 17.6 Å². The van der Waals surface area contributed by atoms with Crippen LogP contribution in [0, 0.1) is 5.92 Å². The molecule has 0 aromatic carbocycles. The molecule has 0 aliphatic rings. The van der Waals surface area contributed by atoms with Crippen LogP contribution in [0.15, 0.2) is 39.2 Å². The molecule has 6 nitrogen and oxygen atoms in total. The van der Waals surface area contributed by atoms with Gasteiger partial charge < -0.3 is 9.73 Å². The van der Waals surface area contributed by atoms with E-state index in [1.54, 1.807) is 38.1 Å². The third kappa shape index (κ3) is 4.68. The first-order chi connectivity index (χ1) is 11.3. The fraction of sp³-hybridized carbons (Fsp3) is 0.438. The van der Waals surface area contributed by atoms with Crippen molar-refractivity contribution in [2.24, 2.45) is 5.92 Å². The highest BCUT2D eigenvalue weighted by Crippen LogP contribution is 2.22.